The van der Waals surface area contributed by atoms with Crippen molar-refractivity contribution >= 4 is 17.2 Å². The molecular formula is C18H21NO2S. The molecule has 0 radical (unpaired) electrons. The zero-order chi connectivity index (χ0) is 15.6. The van der Waals surface area contributed by atoms with Crippen LogP contribution in [-0.4, -0.2) is 17.6 Å². The van der Waals surface area contributed by atoms with Gasteiger partial charge in [-0.2, -0.15) is 0 Å². The van der Waals surface area contributed by atoms with E-state index in [9.17, 15) is 9.90 Å². The molecule has 22 heavy (non-hydrogen) atoms. The Bertz CT molecular complexity index is 679. The Morgan fingerprint density at radius 1 is 1.41 bits per heavy atom. The van der Waals surface area contributed by atoms with Gasteiger partial charge in [0.2, 0.25) is 5.91 Å². The Balaban J connectivity index is 1.62. The number of carbonyl (C=O) groups excluding carboxylic acids is 1. The maximum absolute atomic E-state index is 12.1. The van der Waals surface area contributed by atoms with E-state index in [1.807, 2.05) is 42.6 Å². The minimum atomic E-state index is -0.907. The largest absolute Gasteiger partial charge is 0.383 e. The topological polar surface area (TPSA) is 49.3 Å². The van der Waals surface area contributed by atoms with E-state index in [0.717, 1.165) is 29.5 Å². The zero-order valence-electron chi connectivity index (χ0n) is 12.8. The number of nitrogens with one attached hydrogen (secondary N) is 1. The summed E-state index contributed by atoms with van der Waals surface area (Å²) in [6, 6.07) is 9.95. The van der Waals surface area contributed by atoms with Gasteiger partial charge in [-0.15, -0.1) is 11.3 Å². The van der Waals surface area contributed by atoms with Gasteiger partial charge in [-0.1, -0.05) is 29.8 Å². The normalized spacial score (nSPS) is 20.5. The number of carbonyl (C=O) groups is 1. The highest BCUT2D eigenvalue weighted by atomic mass is 32.1. The molecular weight excluding hydrogens is 294 g/mol. The number of fused-ring (bicyclic) bond motifs is 1. The van der Waals surface area contributed by atoms with Crippen LogP contribution in [0.5, 0.6) is 0 Å². The first-order chi connectivity index (χ1) is 10.6. The van der Waals surface area contributed by atoms with Crippen LogP contribution in [0.1, 0.15) is 34.4 Å². The average Bonchev–Trinajstić information content (AvgIpc) is 2.96. The lowest BCUT2D eigenvalue weighted by Gasteiger charge is -2.32. The molecule has 2 N–H and O–H groups in total. The zero-order valence-corrected chi connectivity index (χ0v) is 13.6. The molecule has 0 bridgehead atoms. The van der Waals surface area contributed by atoms with Gasteiger partial charge < -0.3 is 10.4 Å². The standard InChI is InChI=1S/C18H21NO2S/c1-13-4-2-5-14(10-13)11-17(20)19-12-18(21)8-3-6-16-15(18)7-9-22-16/h2,4-5,7,9-10,21H,3,6,8,11-12H2,1H3,(H,19,20). The lowest BCUT2D eigenvalue weighted by Crippen LogP contribution is -2.42. The molecule has 0 saturated heterocycles. The molecule has 0 aliphatic heterocycles. The molecule has 1 atom stereocenters. The summed E-state index contributed by atoms with van der Waals surface area (Å²) in [5.41, 5.74) is 2.25. The third-order valence-electron chi connectivity index (χ3n) is 4.27. The first-order valence-electron chi connectivity index (χ1n) is 7.68. The van der Waals surface area contributed by atoms with Crippen LogP contribution in [0.25, 0.3) is 0 Å². The van der Waals surface area contributed by atoms with Gasteiger partial charge in [-0.05, 0) is 48.8 Å². The molecule has 1 aliphatic rings. The maximum Gasteiger partial charge on any atom is 0.224 e. The van der Waals surface area contributed by atoms with Crippen LogP contribution in [0.2, 0.25) is 0 Å². The predicted molar refractivity (Wildman–Crippen MR) is 89.0 cm³/mol. The van der Waals surface area contributed by atoms with Gasteiger partial charge in [-0.25, -0.2) is 0 Å². The predicted octanol–water partition coefficient (Wildman–Crippen LogP) is 2.94. The number of benzene rings is 1. The SMILES string of the molecule is Cc1cccc(CC(=O)NCC2(O)CCCc3sccc32)c1. The number of aliphatic hydroxyl groups is 1. The minimum Gasteiger partial charge on any atom is -0.383 e. The fourth-order valence-corrected chi connectivity index (χ4v) is 4.14. The van der Waals surface area contributed by atoms with E-state index in [1.165, 1.54) is 4.88 Å². The van der Waals surface area contributed by atoms with Crippen LogP contribution in [0.15, 0.2) is 35.7 Å². The molecule has 2 aromatic rings. The van der Waals surface area contributed by atoms with Crippen molar-refractivity contribution in [3.63, 3.8) is 0 Å². The highest BCUT2D eigenvalue weighted by molar-refractivity contribution is 7.10. The number of rotatable bonds is 4. The maximum atomic E-state index is 12.1. The number of hydrogen-bond acceptors (Lipinski definition) is 3. The second kappa shape index (κ2) is 6.23. The quantitative estimate of drug-likeness (QED) is 0.911. The second-order valence-corrected chi connectivity index (χ2v) is 7.09. The summed E-state index contributed by atoms with van der Waals surface area (Å²) in [6.07, 6.45) is 3.07. The first-order valence-corrected chi connectivity index (χ1v) is 8.56. The van der Waals surface area contributed by atoms with Gasteiger partial charge in [0.1, 0.15) is 5.60 Å². The highest BCUT2D eigenvalue weighted by Crippen LogP contribution is 2.37. The number of aryl methyl sites for hydroxylation is 2. The Labute approximate surface area is 135 Å². The van der Waals surface area contributed by atoms with Crippen LogP contribution >= 0.6 is 11.3 Å². The van der Waals surface area contributed by atoms with E-state index in [1.54, 1.807) is 11.3 Å². The van der Waals surface area contributed by atoms with E-state index in [-0.39, 0.29) is 5.91 Å². The van der Waals surface area contributed by atoms with Gasteiger partial charge in [0.15, 0.2) is 0 Å². The molecule has 1 aliphatic carbocycles. The fourth-order valence-electron chi connectivity index (χ4n) is 3.12. The van der Waals surface area contributed by atoms with Crippen LogP contribution in [0.4, 0.5) is 0 Å². The molecule has 4 heteroatoms. The molecule has 116 valence electrons. The van der Waals surface area contributed by atoms with E-state index in [2.05, 4.69) is 5.32 Å². The average molecular weight is 315 g/mol. The number of amides is 1. The first kappa shape index (κ1) is 15.3. The summed E-state index contributed by atoms with van der Waals surface area (Å²) in [4.78, 5) is 13.4. The van der Waals surface area contributed by atoms with Crippen molar-refractivity contribution < 1.29 is 9.90 Å². The summed E-state index contributed by atoms with van der Waals surface area (Å²) < 4.78 is 0. The van der Waals surface area contributed by atoms with Crippen molar-refractivity contribution in [1.29, 1.82) is 0 Å². The van der Waals surface area contributed by atoms with Crippen molar-refractivity contribution in [2.75, 3.05) is 6.54 Å². The van der Waals surface area contributed by atoms with Crippen molar-refractivity contribution in [2.45, 2.75) is 38.2 Å². The van der Waals surface area contributed by atoms with E-state index < -0.39 is 5.60 Å². The Hall–Kier alpha value is -1.65. The Morgan fingerprint density at radius 2 is 2.27 bits per heavy atom. The summed E-state index contributed by atoms with van der Waals surface area (Å²) in [5.74, 6) is -0.0404. The monoisotopic (exact) mass is 315 g/mol. The molecule has 0 fully saturated rings. The summed E-state index contributed by atoms with van der Waals surface area (Å²) in [6.45, 7) is 2.31. The molecule has 0 spiro atoms. The van der Waals surface area contributed by atoms with E-state index in [0.29, 0.717) is 19.4 Å². The number of thiophene rings is 1. The van der Waals surface area contributed by atoms with Gasteiger partial charge in [-0.3, -0.25) is 4.79 Å². The molecule has 0 saturated carbocycles. The van der Waals surface area contributed by atoms with Crippen LogP contribution < -0.4 is 5.32 Å². The second-order valence-electron chi connectivity index (χ2n) is 6.09. The Kier molecular flexibility index (Phi) is 4.32. The van der Waals surface area contributed by atoms with E-state index in [4.69, 9.17) is 0 Å². The van der Waals surface area contributed by atoms with Gasteiger partial charge in [0, 0.05) is 4.88 Å². The third-order valence-corrected chi connectivity index (χ3v) is 5.25. The third kappa shape index (κ3) is 3.23. The summed E-state index contributed by atoms with van der Waals surface area (Å²) in [7, 11) is 0. The van der Waals surface area contributed by atoms with Crippen LogP contribution in [-0.2, 0) is 23.2 Å². The van der Waals surface area contributed by atoms with Crippen molar-refractivity contribution in [2.24, 2.45) is 0 Å². The van der Waals surface area contributed by atoms with Gasteiger partial charge >= 0.3 is 0 Å². The summed E-state index contributed by atoms with van der Waals surface area (Å²) in [5, 5.41) is 15.8. The molecule has 1 amide bonds. The molecule has 3 nitrogen and oxygen atoms in total. The lowest BCUT2D eigenvalue weighted by atomic mass is 9.83. The van der Waals surface area contributed by atoms with Crippen LogP contribution in [0, 0.1) is 6.92 Å². The molecule has 3 rings (SSSR count). The highest BCUT2D eigenvalue weighted by Gasteiger charge is 2.35. The molecule has 1 aromatic heterocycles. The number of hydrogen-bond donors (Lipinski definition) is 2. The van der Waals surface area contributed by atoms with Crippen molar-refractivity contribution in [1.82, 2.24) is 5.32 Å². The van der Waals surface area contributed by atoms with Crippen LogP contribution in [0.3, 0.4) is 0 Å². The fraction of sp³-hybridized carbons (Fsp3) is 0.389. The molecule has 1 unspecified atom stereocenters. The Morgan fingerprint density at radius 3 is 3.09 bits per heavy atom. The van der Waals surface area contributed by atoms with Crippen molar-refractivity contribution in [3.05, 3.63) is 57.3 Å². The van der Waals surface area contributed by atoms with E-state index >= 15 is 0 Å². The summed E-state index contributed by atoms with van der Waals surface area (Å²) >= 11 is 1.69. The van der Waals surface area contributed by atoms with Crippen molar-refractivity contribution in [3.8, 4) is 0 Å². The smallest absolute Gasteiger partial charge is 0.224 e. The molecule has 1 aromatic carbocycles. The molecule has 1 heterocycles. The van der Waals surface area contributed by atoms with Gasteiger partial charge in [0.05, 0.1) is 13.0 Å². The van der Waals surface area contributed by atoms with Gasteiger partial charge in [0.25, 0.3) is 0 Å². The lowest BCUT2D eigenvalue weighted by molar-refractivity contribution is -0.122. The minimum absolute atomic E-state index is 0.0404.